The minimum absolute atomic E-state index is 0.0318. The summed E-state index contributed by atoms with van der Waals surface area (Å²) in [7, 11) is 0. The van der Waals surface area contributed by atoms with Crippen LogP contribution in [-0.2, 0) is 0 Å². The van der Waals surface area contributed by atoms with Gasteiger partial charge in [0.2, 0.25) is 0 Å². The molecule has 1 heterocycles. The first-order chi connectivity index (χ1) is 9.12. The summed E-state index contributed by atoms with van der Waals surface area (Å²) in [6, 6.07) is 7.90. The Morgan fingerprint density at radius 3 is 2.79 bits per heavy atom. The fourth-order valence-corrected chi connectivity index (χ4v) is 2.73. The Morgan fingerprint density at radius 2 is 2.11 bits per heavy atom. The number of carbonyl (C=O) groups excluding carboxylic acids is 1. The molecule has 0 unspecified atom stereocenters. The van der Waals surface area contributed by atoms with Crippen LogP contribution in [0.1, 0.15) is 37.0 Å². The molecule has 19 heavy (non-hydrogen) atoms. The third-order valence-corrected chi connectivity index (χ3v) is 4.55. The normalized spacial score (nSPS) is 16.8. The molecule has 3 nitrogen and oxygen atoms in total. The Kier molecular flexibility index (Phi) is 2.85. The molecule has 2 N–H and O–H groups in total. The number of hydrogen-bond donors (Lipinski definition) is 2. The van der Waals surface area contributed by atoms with Gasteiger partial charge in [0, 0.05) is 23.6 Å². The van der Waals surface area contributed by atoms with E-state index in [1.165, 1.54) is 12.8 Å². The van der Waals surface area contributed by atoms with Crippen LogP contribution in [-0.4, -0.2) is 17.4 Å². The van der Waals surface area contributed by atoms with Crippen LogP contribution in [0, 0.1) is 11.3 Å². The molecule has 0 atom stereocenters. The topological polar surface area (TPSA) is 44.9 Å². The van der Waals surface area contributed by atoms with Gasteiger partial charge in [0.05, 0.1) is 5.56 Å². The molecule has 1 amide bonds. The first-order valence-corrected chi connectivity index (χ1v) is 6.97. The molecular weight excluding hydrogens is 236 g/mol. The van der Waals surface area contributed by atoms with Crippen molar-refractivity contribution in [1.29, 1.82) is 0 Å². The van der Waals surface area contributed by atoms with Crippen molar-refractivity contribution in [2.45, 2.75) is 26.7 Å². The van der Waals surface area contributed by atoms with E-state index < -0.39 is 0 Å². The van der Waals surface area contributed by atoms with Crippen molar-refractivity contribution in [3.63, 3.8) is 0 Å². The Balaban J connectivity index is 1.74. The maximum Gasteiger partial charge on any atom is 0.253 e. The molecule has 1 saturated carbocycles. The number of para-hydroxylation sites is 1. The molecule has 2 aromatic rings. The van der Waals surface area contributed by atoms with Gasteiger partial charge in [-0.3, -0.25) is 4.79 Å². The summed E-state index contributed by atoms with van der Waals surface area (Å²) in [6.45, 7) is 5.28. The molecule has 100 valence electrons. The molecule has 0 radical (unpaired) electrons. The lowest BCUT2D eigenvalue weighted by Crippen LogP contribution is -2.32. The Bertz CT molecular complexity index is 608. The van der Waals surface area contributed by atoms with Gasteiger partial charge in [-0.15, -0.1) is 0 Å². The van der Waals surface area contributed by atoms with Crippen LogP contribution in [0.4, 0.5) is 0 Å². The number of carbonyl (C=O) groups is 1. The van der Waals surface area contributed by atoms with E-state index in [4.69, 9.17) is 0 Å². The van der Waals surface area contributed by atoms with Crippen molar-refractivity contribution in [2.24, 2.45) is 11.3 Å². The third kappa shape index (κ3) is 2.14. The van der Waals surface area contributed by atoms with Crippen molar-refractivity contribution >= 4 is 16.8 Å². The predicted octanol–water partition coefficient (Wildman–Crippen LogP) is 3.33. The van der Waals surface area contributed by atoms with E-state index in [0.717, 1.165) is 23.0 Å². The van der Waals surface area contributed by atoms with Gasteiger partial charge in [0.25, 0.3) is 5.91 Å². The highest BCUT2D eigenvalue weighted by Crippen LogP contribution is 2.51. The number of benzene rings is 1. The Hall–Kier alpha value is -1.77. The number of rotatable bonds is 4. The van der Waals surface area contributed by atoms with Gasteiger partial charge >= 0.3 is 0 Å². The van der Waals surface area contributed by atoms with Gasteiger partial charge in [0.1, 0.15) is 0 Å². The number of aromatic amines is 1. The molecular formula is C16H20N2O. The second kappa shape index (κ2) is 4.41. The van der Waals surface area contributed by atoms with Crippen LogP contribution in [0.2, 0.25) is 0 Å². The average Bonchev–Trinajstić information content (AvgIpc) is 3.09. The zero-order valence-electron chi connectivity index (χ0n) is 11.5. The highest BCUT2D eigenvalue weighted by Gasteiger charge is 2.45. The van der Waals surface area contributed by atoms with E-state index in [9.17, 15) is 4.79 Å². The van der Waals surface area contributed by atoms with E-state index in [2.05, 4.69) is 24.1 Å². The maximum absolute atomic E-state index is 12.3. The van der Waals surface area contributed by atoms with Crippen molar-refractivity contribution in [1.82, 2.24) is 10.3 Å². The lowest BCUT2D eigenvalue weighted by atomic mass is 9.92. The summed E-state index contributed by atoms with van der Waals surface area (Å²) in [4.78, 5) is 15.4. The monoisotopic (exact) mass is 256 g/mol. The zero-order chi connectivity index (χ0) is 13.5. The predicted molar refractivity (Wildman–Crippen MR) is 77.1 cm³/mol. The standard InChI is InChI=1S/C16H20N2O/c1-11(2)16(7-8-16)10-18-15(19)13-9-17-14-6-4-3-5-12(13)14/h3-6,9,11,17H,7-8,10H2,1-2H3,(H,18,19). The van der Waals surface area contributed by atoms with Crippen LogP contribution in [0.3, 0.4) is 0 Å². The minimum atomic E-state index is 0.0318. The second-order valence-corrected chi connectivity index (χ2v) is 5.95. The minimum Gasteiger partial charge on any atom is -0.360 e. The number of aromatic nitrogens is 1. The van der Waals surface area contributed by atoms with Crippen LogP contribution in [0.15, 0.2) is 30.5 Å². The first kappa shape index (κ1) is 12.3. The molecule has 3 rings (SSSR count). The van der Waals surface area contributed by atoms with Crippen molar-refractivity contribution in [3.05, 3.63) is 36.0 Å². The number of amides is 1. The van der Waals surface area contributed by atoms with Crippen LogP contribution >= 0.6 is 0 Å². The van der Waals surface area contributed by atoms with Crippen molar-refractivity contribution in [3.8, 4) is 0 Å². The maximum atomic E-state index is 12.3. The number of hydrogen-bond acceptors (Lipinski definition) is 1. The zero-order valence-corrected chi connectivity index (χ0v) is 11.5. The molecule has 3 heteroatoms. The summed E-state index contributed by atoms with van der Waals surface area (Å²) < 4.78 is 0. The van der Waals surface area contributed by atoms with Crippen LogP contribution in [0.25, 0.3) is 10.9 Å². The van der Waals surface area contributed by atoms with E-state index in [1.54, 1.807) is 6.20 Å². The molecule has 1 aromatic carbocycles. The van der Waals surface area contributed by atoms with Crippen molar-refractivity contribution < 1.29 is 4.79 Å². The van der Waals surface area contributed by atoms with Crippen LogP contribution < -0.4 is 5.32 Å². The van der Waals surface area contributed by atoms with Crippen LogP contribution in [0.5, 0.6) is 0 Å². The molecule has 1 aliphatic rings. The average molecular weight is 256 g/mol. The molecule has 0 saturated heterocycles. The fourth-order valence-electron chi connectivity index (χ4n) is 2.73. The summed E-state index contributed by atoms with van der Waals surface area (Å²) in [5, 5.41) is 4.10. The molecule has 1 aliphatic carbocycles. The second-order valence-electron chi connectivity index (χ2n) is 5.95. The Labute approximate surface area is 113 Å². The van der Waals surface area contributed by atoms with E-state index in [0.29, 0.717) is 11.3 Å². The molecule has 1 aromatic heterocycles. The number of H-pyrrole nitrogens is 1. The molecule has 0 bridgehead atoms. The van der Waals surface area contributed by atoms with Crippen molar-refractivity contribution in [2.75, 3.05) is 6.54 Å². The molecule has 0 spiro atoms. The SMILES string of the molecule is CC(C)C1(CNC(=O)c2c[nH]c3ccccc23)CC1. The fraction of sp³-hybridized carbons (Fsp3) is 0.438. The first-order valence-electron chi connectivity index (χ1n) is 6.97. The van der Waals surface area contributed by atoms with Gasteiger partial charge in [-0.05, 0) is 30.2 Å². The van der Waals surface area contributed by atoms with Gasteiger partial charge in [-0.1, -0.05) is 32.0 Å². The quantitative estimate of drug-likeness (QED) is 0.866. The lowest BCUT2D eigenvalue weighted by molar-refractivity contribution is 0.0941. The number of fused-ring (bicyclic) bond motifs is 1. The highest BCUT2D eigenvalue weighted by atomic mass is 16.1. The van der Waals surface area contributed by atoms with E-state index >= 15 is 0 Å². The number of nitrogens with one attached hydrogen (secondary N) is 2. The van der Waals surface area contributed by atoms with Gasteiger partial charge < -0.3 is 10.3 Å². The largest absolute Gasteiger partial charge is 0.360 e. The highest BCUT2D eigenvalue weighted by molar-refractivity contribution is 6.06. The summed E-state index contributed by atoms with van der Waals surface area (Å²) >= 11 is 0. The Morgan fingerprint density at radius 1 is 1.37 bits per heavy atom. The summed E-state index contributed by atoms with van der Waals surface area (Å²) in [5.41, 5.74) is 2.11. The smallest absolute Gasteiger partial charge is 0.253 e. The van der Waals surface area contributed by atoms with Gasteiger partial charge in [-0.25, -0.2) is 0 Å². The summed E-state index contributed by atoms with van der Waals surface area (Å²) in [6.07, 6.45) is 4.27. The van der Waals surface area contributed by atoms with Gasteiger partial charge in [-0.2, -0.15) is 0 Å². The summed E-state index contributed by atoms with van der Waals surface area (Å²) in [5.74, 6) is 0.667. The molecule has 1 fully saturated rings. The van der Waals surface area contributed by atoms with E-state index in [1.807, 2.05) is 24.3 Å². The van der Waals surface area contributed by atoms with E-state index in [-0.39, 0.29) is 5.91 Å². The van der Waals surface area contributed by atoms with Gasteiger partial charge in [0.15, 0.2) is 0 Å². The molecule has 0 aliphatic heterocycles. The third-order valence-electron chi connectivity index (χ3n) is 4.55. The lowest BCUT2D eigenvalue weighted by Gasteiger charge is -2.19.